The highest BCUT2D eigenvalue weighted by atomic mass is 16.1. The number of nitrogens with one attached hydrogen (secondary N) is 1. The van der Waals surface area contributed by atoms with Gasteiger partial charge in [-0.1, -0.05) is 37.6 Å². The molecular weight excluding hydrogens is 214 g/mol. The molecular formula is C13H15N3O. The van der Waals surface area contributed by atoms with Crippen LogP contribution in [0.3, 0.4) is 0 Å². The highest BCUT2D eigenvalue weighted by molar-refractivity contribution is 5.91. The Kier molecular flexibility index (Phi) is 3.23. The first-order chi connectivity index (χ1) is 8.26. The lowest BCUT2D eigenvalue weighted by Crippen LogP contribution is -1.91. The van der Waals surface area contributed by atoms with Crippen LogP contribution in [0.5, 0.6) is 0 Å². The molecule has 0 aliphatic carbocycles. The number of carbonyl (C=O) groups excluding carboxylic acids is 1. The Morgan fingerprint density at radius 3 is 2.65 bits per heavy atom. The van der Waals surface area contributed by atoms with Gasteiger partial charge in [-0.3, -0.25) is 9.89 Å². The van der Waals surface area contributed by atoms with Gasteiger partial charge in [-0.2, -0.15) is 5.10 Å². The first kappa shape index (κ1) is 11.4. The van der Waals surface area contributed by atoms with Gasteiger partial charge in [-0.25, -0.2) is 0 Å². The molecule has 0 spiro atoms. The van der Waals surface area contributed by atoms with Gasteiger partial charge < -0.3 is 5.73 Å². The number of anilines is 1. The van der Waals surface area contributed by atoms with Crippen LogP contribution in [0.15, 0.2) is 24.3 Å². The van der Waals surface area contributed by atoms with Crippen LogP contribution in [0.1, 0.15) is 29.3 Å². The number of aromatic nitrogens is 2. The molecule has 1 aromatic heterocycles. The third-order valence-corrected chi connectivity index (χ3v) is 2.73. The zero-order valence-electron chi connectivity index (χ0n) is 9.73. The minimum Gasteiger partial charge on any atom is -0.382 e. The van der Waals surface area contributed by atoms with Crippen molar-refractivity contribution < 1.29 is 4.79 Å². The fourth-order valence-corrected chi connectivity index (χ4v) is 1.83. The van der Waals surface area contributed by atoms with E-state index >= 15 is 0 Å². The van der Waals surface area contributed by atoms with Gasteiger partial charge in [0.25, 0.3) is 0 Å². The van der Waals surface area contributed by atoms with Gasteiger partial charge in [0, 0.05) is 5.56 Å². The first-order valence-corrected chi connectivity index (χ1v) is 5.64. The van der Waals surface area contributed by atoms with E-state index in [2.05, 4.69) is 29.3 Å². The normalized spacial score (nSPS) is 10.4. The average molecular weight is 229 g/mol. The van der Waals surface area contributed by atoms with E-state index in [-0.39, 0.29) is 5.82 Å². The number of nitrogen functional groups attached to an aromatic ring is 1. The number of hydrogen-bond donors (Lipinski definition) is 2. The zero-order valence-corrected chi connectivity index (χ0v) is 9.73. The summed E-state index contributed by atoms with van der Waals surface area (Å²) < 4.78 is 0. The van der Waals surface area contributed by atoms with Crippen LogP contribution in [-0.2, 0) is 6.42 Å². The minimum absolute atomic E-state index is 0.243. The van der Waals surface area contributed by atoms with Gasteiger partial charge in [-0.05, 0) is 12.0 Å². The van der Waals surface area contributed by atoms with Crippen molar-refractivity contribution in [1.29, 1.82) is 0 Å². The smallest absolute Gasteiger partial charge is 0.156 e. The van der Waals surface area contributed by atoms with Gasteiger partial charge in [0.1, 0.15) is 0 Å². The second-order valence-corrected chi connectivity index (χ2v) is 3.96. The number of aromatic amines is 1. The number of hydrogen-bond acceptors (Lipinski definition) is 3. The van der Waals surface area contributed by atoms with Crippen molar-refractivity contribution >= 4 is 12.1 Å². The number of H-pyrrole nitrogens is 1. The van der Waals surface area contributed by atoms with Gasteiger partial charge in [0.15, 0.2) is 12.1 Å². The van der Waals surface area contributed by atoms with Gasteiger partial charge in [-0.15, -0.1) is 0 Å². The lowest BCUT2D eigenvalue weighted by atomic mass is 10.0. The predicted octanol–water partition coefficient (Wildman–Crippen LogP) is 2.42. The van der Waals surface area contributed by atoms with E-state index < -0.39 is 0 Å². The van der Waals surface area contributed by atoms with Crippen LogP contribution in [0.4, 0.5) is 5.82 Å². The third kappa shape index (κ3) is 2.20. The molecule has 4 heteroatoms. The lowest BCUT2D eigenvalue weighted by molar-refractivity contribution is 0.112. The molecule has 0 atom stereocenters. The van der Waals surface area contributed by atoms with Crippen LogP contribution in [0, 0.1) is 0 Å². The second-order valence-electron chi connectivity index (χ2n) is 3.96. The summed E-state index contributed by atoms with van der Waals surface area (Å²) in [4.78, 5) is 10.9. The number of carbonyl (C=O) groups is 1. The van der Waals surface area contributed by atoms with Gasteiger partial charge >= 0.3 is 0 Å². The Hall–Kier alpha value is -2.10. The van der Waals surface area contributed by atoms with E-state index in [1.54, 1.807) is 0 Å². The van der Waals surface area contributed by atoms with Gasteiger partial charge in [0.2, 0.25) is 0 Å². The summed E-state index contributed by atoms with van der Waals surface area (Å²) in [6, 6.07) is 8.07. The summed E-state index contributed by atoms with van der Waals surface area (Å²) in [7, 11) is 0. The van der Waals surface area contributed by atoms with Crippen LogP contribution < -0.4 is 5.73 Å². The molecule has 0 bridgehead atoms. The molecule has 4 nitrogen and oxygen atoms in total. The maximum absolute atomic E-state index is 10.9. The molecule has 0 saturated heterocycles. The highest BCUT2D eigenvalue weighted by Gasteiger charge is 2.11. The van der Waals surface area contributed by atoms with Crippen molar-refractivity contribution in [2.75, 3.05) is 5.73 Å². The van der Waals surface area contributed by atoms with Crippen molar-refractivity contribution in [1.82, 2.24) is 10.2 Å². The molecule has 0 amide bonds. The van der Waals surface area contributed by atoms with E-state index in [0.29, 0.717) is 11.3 Å². The van der Waals surface area contributed by atoms with Crippen LogP contribution in [0.25, 0.3) is 11.3 Å². The molecule has 88 valence electrons. The topological polar surface area (TPSA) is 71.8 Å². The molecule has 2 aromatic rings. The molecule has 1 aromatic carbocycles. The number of rotatable bonds is 4. The lowest BCUT2D eigenvalue weighted by Gasteiger charge is -2.02. The fraction of sp³-hybridized carbons (Fsp3) is 0.231. The Morgan fingerprint density at radius 2 is 2.06 bits per heavy atom. The molecule has 0 fully saturated rings. The fourth-order valence-electron chi connectivity index (χ4n) is 1.83. The van der Waals surface area contributed by atoms with Crippen molar-refractivity contribution in [3.05, 3.63) is 35.4 Å². The van der Waals surface area contributed by atoms with E-state index in [0.717, 1.165) is 24.7 Å². The highest BCUT2D eigenvalue weighted by Crippen LogP contribution is 2.24. The summed E-state index contributed by atoms with van der Waals surface area (Å²) in [6.45, 7) is 2.15. The van der Waals surface area contributed by atoms with Crippen molar-refractivity contribution in [3.63, 3.8) is 0 Å². The number of nitrogens with zero attached hydrogens (tertiary/aromatic N) is 1. The van der Waals surface area contributed by atoms with Crippen LogP contribution in [0.2, 0.25) is 0 Å². The molecule has 0 radical (unpaired) electrons. The van der Waals surface area contributed by atoms with Crippen molar-refractivity contribution in [2.24, 2.45) is 0 Å². The largest absolute Gasteiger partial charge is 0.382 e. The van der Waals surface area contributed by atoms with E-state index in [4.69, 9.17) is 5.73 Å². The SMILES string of the molecule is CCCc1ccc(-c2[nH]nc(N)c2C=O)cc1. The number of benzene rings is 1. The molecule has 0 saturated carbocycles. The minimum atomic E-state index is 0.243. The molecule has 1 heterocycles. The van der Waals surface area contributed by atoms with E-state index in [1.165, 1.54) is 5.56 Å². The Balaban J connectivity index is 2.36. The van der Waals surface area contributed by atoms with Crippen LogP contribution in [-0.4, -0.2) is 16.5 Å². The monoisotopic (exact) mass is 229 g/mol. The summed E-state index contributed by atoms with van der Waals surface area (Å²) in [5.74, 6) is 0.243. The summed E-state index contributed by atoms with van der Waals surface area (Å²) in [5.41, 5.74) is 8.91. The second kappa shape index (κ2) is 4.82. The van der Waals surface area contributed by atoms with E-state index in [9.17, 15) is 4.79 Å². The molecule has 0 aliphatic heterocycles. The quantitative estimate of drug-likeness (QED) is 0.791. The van der Waals surface area contributed by atoms with Crippen LogP contribution >= 0.6 is 0 Å². The summed E-state index contributed by atoms with van der Waals surface area (Å²) in [6.07, 6.45) is 2.91. The number of nitrogens with two attached hydrogens (primary N) is 1. The summed E-state index contributed by atoms with van der Waals surface area (Å²) in [5, 5.41) is 6.63. The summed E-state index contributed by atoms with van der Waals surface area (Å²) >= 11 is 0. The molecule has 0 unspecified atom stereocenters. The maximum Gasteiger partial charge on any atom is 0.156 e. The zero-order chi connectivity index (χ0) is 12.3. The predicted molar refractivity (Wildman–Crippen MR) is 67.8 cm³/mol. The first-order valence-electron chi connectivity index (χ1n) is 5.64. The molecule has 3 N–H and O–H groups in total. The molecule has 2 rings (SSSR count). The van der Waals surface area contributed by atoms with Crippen molar-refractivity contribution in [3.8, 4) is 11.3 Å². The average Bonchev–Trinajstić information content (AvgIpc) is 2.72. The number of aryl methyl sites for hydroxylation is 1. The molecule has 17 heavy (non-hydrogen) atoms. The third-order valence-electron chi connectivity index (χ3n) is 2.73. The molecule has 0 aliphatic rings. The maximum atomic E-state index is 10.9. The van der Waals surface area contributed by atoms with Crippen molar-refractivity contribution in [2.45, 2.75) is 19.8 Å². The standard InChI is InChI=1S/C13H15N3O/c1-2-3-9-4-6-10(7-5-9)12-11(8-17)13(14)16-15-12/h4-8H,2-3H2,1H3,(H3,14,15,16). The Bertz CT molecular complexity index is 514. The Morgan fingerprint density at radius 1 is 1.35 bits per heavy atom. The number of aldehydes is 1. The van der Waals surface area contributed by atoms with Gasteiger partial charge in [0.05, 0.1) is 11.3 Å². The van der Waals surface area contributed by atoms with E-state index in [1.807, 2.05) is 12.1 Å². The Labute approximate surface area is 99.8 Å².